The molecule has 3 aromatic carbocycles. The number of cyclic esters (lactones) is 1. The molecular weight excluding hydrogens is 404 g/mol. The van der Waals surface area contributed by atoms with Gasteiger partial charge in [0.1, 0.15) is 6.10 Å². The predicted octanol–water partition coefficient (Wildman–Crippen LogP) is 4.69. The summed E-state index contributed by atoms with van der Waals surface area (Å²) in [7, 11) is 0. The first-order valence-electron chi connectivity index (χ1n) is 10.9. The normalized spacial score (nSPS) is 20.6. The lowest BCUT2D eigenvalue weighted by molar-refractivity contribution is -0.205. The number of rotatable bonds is 10. The smallest absolute Gasteiger partial charge is 0.308 e. The second-order valence-corrected chi connectivity index (χ2v) is 7.83. The summed E-state index contributed by atoms with van der Waals surface area (Å²) in [6, 6.07) is 29.8. The van der Waals surface area contributed by atoms with E-state index in [4.69, 9.17) is 18.9 Å². The molecule has 166 valence electrons. The van der Waals surface area contributed by atoms with Gasteiger partial charge in [0.15, 0.2) is 6.10 Å². The van der Waals surface area contributed by atoms with E-state index >= 15 is 0 Å². The van der Waals surface area contributed by atoms with E-state index in [0.717, 1.165) is 16.7 Å². The molecule has 0 radical (unpaired) electrons. The number of esters is 1. The Kier molecular flexibility index (Phi) is 8.04. The van der Waals surface area contributed by atoms with E-state index in [0.29, 0.717) is 19.8 Å². The highest BCUT2D eigenvalue weighted by molar-refractivity contribution is 5.71. The zero-order valence-electron chi connectivity index (χ0n) is 18.0. The van der Waals surface area contributed by atoms with Crippen LogP contribution in [-0.4, -0.2) is 30.9 Å². The lowest BCUT2D eigenvalue weighted by Gasteiger charge is -2.37. The first-order chi connectivity index (χ1) is 15.8. The van der Waals surface area contributed by atoms with Crippen LogP contribution in [0.4, 0.5) is 0 Å². The topological polar surface area (TPSA) is 54.0 Å². The van der Waals surface area contributed by atoms with E-state index in [9.17, 15) is 4.79 Å². The van der Waals surface area contributed by atoms with Crippen molar-refractivity contribution >= 4 is 5.97 Å². The van der Waals surface area contributed by atoms with Gasteiger partial charge in [-0.15, -0.1) is 0 Å². The number of benzene rings is 3. The van der Waals surface area contributed by atoms with Gasteiger partial charge < -0.3 is 18.9 Å². The van der Waals surface area contributed by atoms with Gasteiger partial charge in [-0.25, -0.2) is 0 Å². The molecule has 1 fully saturated rings. The van der Waals surface area contributed by atoms with Crippen LogP contribution >= 0.6 is 0 Å². The number of ether oxygens (including phenoxy) is 4. The fourth-order valence-corrected chi connectivity index (χ4v) is 3.71. The number of carbonyl (C=O) groups is 1. The molecule has 32 heavy (non-hydrogen) atoms. The quantitative estimate of drug-likeness (QED) is 0.435. The van der Waals surface area contributed by atoms with Crippen molar-refractivity contribution < 1.29 is 23.7 Å². The van der Waals surface area contributed by atoms with E-state index in [1.165, 1.54) is 0 Å². The Hall–Kier alpha value is -2.99. The minimum Gasteiger partial charge on any atom is -0.457 e. The largest absolute Gasteiger partial charge is 0.457 e. The van der Waals surface area contributed by atoms with Crippen LogP contribution in [-0.2, 0) is 43.6 Å². The lowest BCUT2D eigenvalue weighted by Crippen LogP contribution is -2.51. The molecule has 1 aliphatic heterocycles. The van der Waals surface area contributed by atoms with E-state index in [1.807, 2.05) is 91.0 Å². The Morgan fingerprint density at radius 3 is 1.75 bits per heavy atom. The molecule has 0 N–H and O–H groups in total. The van der Waals surface area contributed by atoms with Gasteiger partial charge in [0.25, 0.3) is 0 Å². The molecule has 3 unspecified atom stereocenters. The van der Waals surface area contributed by atoms with Gasteiger partial charge in [0.2, 0.25) is 0 Å². The van der Waals surface area contributed by atoms with E-state index < -0.39 is 18.3 Å². The molecule has 1 heterocycles. The van der Waals surface area contributed by atoms with Crippen molar-refractivity contribution in [3.63, 3.8) is 0 Å². The highest BCUT2D eigenvalue weighted by Gasteiger charge is 2.40. The van der Waals surface area contributed by atoms with Crippen LogP contribution in [0.25, 0.3) is 0 Å². The van der Waals surface area contributed by atoms with Crippen LogP contribution in [0.1, 0.15) is 23.1 Å². The SMILES string of the molecule is O=C1CC(OCc2ccccc2)C(OCc2ccccc2)C(COCc2ccccc2)O1. The summed E-state index contributed by atoms with van der Waals surface area (Å²) in [5.41, 5.74) is 3.16. The Labute approximate surface area is 188 Å². The van der Waals surface area contributed by atoms with Crippen LogP contribution < -0.4 is 0 Å². The molecule has 0 saturated carbocycles. The van der Waals surface area contributed by atoms with Gasteiger partial charge >= 0.3 is 5.97 Å². The third kappa shape index (κ3) is 6.50. The first-order valence-corrected chi connectivity index (χ1v) is 10.9. The van der Waals surface area contributed by atoms with Crippen molar-refractivity contribution in [2.45, 2.75) is 44.6 Å². The summed E-state index contributed by atoms with van der Waals surface area (Å²) in [6.07, 6.45) is -1.22. The number of hydrogen-bond donors (Lipinski definition) is 0. The zero-order chi connectivity index (χ0) is 22.0. The van der Waals surface area contributed by atoms with Crippen LogP contribution in [0.2, 0.25) is 0 Å². The zero-order valence-corrected chi connectivity index (χ0v) is 18.0. The van der Waals surface area contributed by atoms with Crippen LogP contribution in [0.3, 0.4) is 0 Å². The highest BCUT2D eigenvalue weighted by Crippen LogP contribution is 2.25. The average Bonchev–Trinajstić information content (AvgIpc) is 2.84. The highest BCUT2D eigenvalue weighted by atomic mass is 16.6. The molecular formula is C27H28O5. The van der Waals surface area contributed by atoms with Gasteiger partial charge in [-0.05, 0) is 16.7 Å². The molecule has 3 aromatic rings. The standard InChI is InChI=1S/C27H28O5/c28-26-16-24(30-18-22-12-6-2-7-13-22)27(31-19-23-14-8-3-9-15-23)25(32-26)20-29-17-21-10-4-1-5-11-21/h1-15,24-25,27H,16-20H2. The van der Waals surface area contributed by atoms with Gasteiger partial charge in [0.05, 0.1) is 39.0 Å². The Morgan fingerprint density at radius 2 is 1.19 bits per heavy atom. The first kappa shape index (κ1) is 22.2. The molecule has 0 aliphatic carbocycles. The summed E-state index contributed by atoms with van der Waals surface area (Å²) in [5, 5.41) is 0. The predicted molar refractivity (Wildman–Crippen MR) is 121 cm³/mol. The maximum Gasteiger partial charge on any atom is 0.308 e. The van der Waals surface area contributed by atoms with Gasteiger partial charge in [0, 0.05) is 0 Å². The summed E-state index contributed by atoms with van der Waals surface area (Å²) in [6.45, 7) is 1.49. The van der Waals surface area contributed by atoms with Crippen molar-refractivity contribution in [1.29, 1.82) is 0 Å². The second kappa shape index (κ2) is 11.6. The van der Waals surface area contributed by atoms with E-state index in [1.54, 1.807) is 0 Å². The molecule has 0 aromatic heterocycles. The number of hydrogen-bond acceptors (Lipinski definition) is 5. The molecule has 4 rings (SSSR count). The number of carbonyl (C=O) groups excluding carboxylic acids is 1. The van der Waals surface area contributed by atoms with Crippen molar-refractivity contribution in [2.24, 2.45) is 0 Å². The summed E-state index contributed by atoms with van der Waals surface area (Å²) >= 11 is 0. The Bertz CT molecular complexity index is 946. The van der Waals surface area contributed by atoms with Gasteiger partial charge in [-0.2, -0.15) is 0 Å². The lowest BCUT2D eigenvalue weighted by atomic mass is 10.0. The Morgan fingerprint density at radius 1 is 0.688 bits per heavy atom. The molecule has 1 aliphatic rings. The van der Waals surface area contributed by atoms with Crippen LogP contribution in [0.5, 0.6) is 0 Å². The van der Waals surface area contributed by atoms with Crippen molar-refractivity contribution in [1.82, 2.24) is 0 Å². The molecule has 0 bridgehead atoms. The molecule has 1 saturated heterocycles. The summed E-state index contributed by atoms with van der Waals surface area (Å²) in [4.78, 5) is 12.3. The van der Waals surface area contributed by atoms with Gasteiger partial charge in [-0.3, -0.25) is 4.79 Å². The van der Waals surface area contributed by atoms with Crippen molar-refractivity contribution in [3.8, 4) is 0 Å². The summed E-state index contributed by atoms with van der Waals surface area (Å²) < 4.78 is 23.9. The summed E-state index contributed by atoms with van der Waals surface area (Å²) in [5.74, 6) is -0.295. The van der Waals surface area contributed by atoms with Crippen molar-refractivity contribution in [2.75, 3.05) is 6.61 Å². The third-order valence-corrected chi connectivity index (χ3v) is 5.37. The van der Waals surface area contributed by atoms with E-state index in [2.05, 4.69) is 0 Å². The monoisotopic (exact) mass is 432 g/mol. The Balaban J connectivity index is 1.42. The molecule has 3 atom stereocenters. The minimum atomic E-state index is -0.538. The van der Waals surface area contributed by atoms with Crippen LogP contribution in [0.15, 0.2) is 91.0 Å². The fourth-order valence-electron chi connectivity index (χ4n) is 3.71. The third-order valence-electron chi connectivity index (χ3n) is 5.37. The molecule has 5 heteroatoms. The average molecular weight is 433 g/mol. The second-order valence-electron chi connectivity index (χ2n) is 7.83. The van der Waals surface area contributed by atoms with Crippen molar-refractivity contribution in [3.05, 3.63) is 108 Å². The minimum absolute atomic E-state index is 0.154. The van der Waals surface area contributed by atoms with E-state index in [-0.39, 0.29) is 19.0 Å². The molecule has 0 amide bonds. The maximum absolute atomic E-state index is 12.3. The van der Waals surface area contributed by atoms with Gasteiger partial charge in [-0.1, -0.05) is 91.0 Å². The molecule has 5 nitrogen and oxygen atoms in total. The molecule has 0 spiro atoms. The maximum atomic E-state index is 12.3. The van der Waals surface area contributed by atoms with Crippen LogP contribution in [0, 0.1) is 0 Å². The fraction of sp³-hybridized carbons (Fsp3) is 0.296.